The summed E-state index contributed by atoms with van der Waals surface area (Å²) >= 11 is 0. The van der Waals surface area contributed by atoms with E-state index in [4.69, 9.17) is 9.72 Å². The van der Waals surface area contributed by atoms with E-state index >= 15 is 0 Å². The molecule has 35 heavy (non-hydrogen) atoms. The minimum Gasteiger partial charge on any atom is -0.494 e. The molecule has 0 saturated carbocycles. The lowest BCUT2D eigenvalue weighted by atomic mass is 10.1. The summed E-state index contributed by atoms with van der Waals surface area (Å²) in [5.41, 5.74) is 6.35. The van der Waals surface area contributed by atoms with Gasteiger partial charge in [-0.3, -0.25) is 4.79 Å². The number of nitrogens with one attached hydrogen (secondary N) is 1. The molecule has 0 atom stereocenters. The predicted octanol–water partition coefficient (Wildman–Crippen LogP) is 6.18. The van der Waals surface area contributed by atoms with Crippen molar-refractivity contribution in [2.75, 3.05) is 13.2 Å². The van der Waals surface area contributed by atoms with Gasteiger partial charge in [-0.2, -0.15) is 0 Å². The molecule has 4 aromatic rings. The number of rotatable bonds is 11. The Kier molecular flexibility index (Phi) is 8.19. The molecule has 182 valence electrons. The van der Waals surface area contributed by atoms with Gasteiger partial charge in [0.15, 0.2) is 0 Å². The van der Waals surface area contributed by atoms with Gasteiger partial charge in [0.25, 0.3) is 5.91 Å². The van der Waals surface area contributed by atoms with Crippen LogP contribution in [-0.2, 0) is 13.0 Å². The number of amides is 1. The van der Waals surface area contributed by atoms with E-state index < -0.39 is 0 Å². The summed E-state index contributed by atoms with van der Waals surface area (Å²) in [6.07, 6.45) is 3.66. The first kappa shape index (κ1) is 24.5. The molecular weight excluding hydrogens is 434 g/mol. The van der Waals surface area contributed by atoms with Crippen LogP contribution in [0.15, 0.2) is 66.7 Å². The van der Waals surface area contributed by atoms with E-state index in [1.807, 2.05) is 50.2 Å². The Bertz CT molecular complexity index is 1270. The Labute approximate surface area is 208 Å². The van der Waals surface area contributed by atoms with E-state index in [-0.39, 0.29) is 5.91 Å². The zero-order chi connectivity index (χ0) is 24.6. The molecule has 0 unspecified atom stereocenters. The van der Waals surface area contributed by atoms with Gasteiger partial charge in [0, 0.05) is 25.1 Å². The highest BCUT2D eigenvalue weighted by Crippen LogP contribution is 2.19. The van der Waals surface area contributed by atoms with Gasteiger partial charge in [-0.1, -0.05) is 47.5 Å². The molecule has 3 aromatic carbocycles. The first-order valence-corrected chi connectivity index (χ1v) is 12.5. The van der Waals surface area contributed by atoms with Gasteiger partial charge < -0.3 is 14.6 Å². The van der Waals surface area contributed by atoms with Crippen LogP contribution in [0.25, 0.3) is 11.0 Å². The lowest BCUT2D eigenvalue weighted by molar-refractivity contribution is 0.0952. The molecule has 4 rings (SSSR count). The van der Waals surface area contributed by atoms with Crippen LogP contribution in [-0.4, -0.2) is 28.6 Å². The summed E-state index contributed by atoms with van der Waals surface area (Å²) in [5, 5.41) is 3.07. The second-order valence-electron chi connectivity index (χ2n) is 9.21. The third-order valence-electron chi connectivity index (χ3n) is 6.29. The van der Waals surface area contributed by atoms with Crippen molar-refractivity contribution in [3.63, 3.8) is 0 Å². The maximum Gasteiger partial charge on any atom is 0.251 e. The molecule has 1 amide bonds. The molecule has 1 aromatic heterocycles. The van der Waals surface area contributed by atoms with Gasteiger partial charge in [0.05, 0.1) is 17.6 Å². The van der Waals surface area contributed by atoms with Crippen molar-refractivity contribution in [1.29, 1.82) is 0 Å². The predicted molar refractivity (Wildman–Crippen MR) is 142 cm³/mol. The van der Waals surface area contributed by atoms with Crippen LogP contribution >= 0.6 is 0 Å². The normalized spacial score (nSPS) is 11.1. The fourth-order valence-corrected chi connectivity index (χ4v) is 4.37. The number of carbonyl (C=O) groups is 1. The Morgan fingerprint density at radius 1 is 0.914 bits per heavy atom. The topological polar surface area (TPSA) is 56.1 Å². The number of nitrogens with zero attached hydrogens (tertiary/aromatic N) is 2. The van der Waals surface area contributed by atoms with Crippen molar-refractivity contribution < 1.29 is 9.53 Å². The van der Waals surface area contributed by atoms with E-state index in [1.165, 1.54) is 16.6 Å². The van der Waals surface area contributed by atoms with Gasteiger partial charge in [-0.05, 0) is 75.9 Å². The molecule has 0 aliphatic heterocycles. The lowest BCUT2D eigenvalue weighted by Crippen LogP contribution is -2.25. The lowest BCUT2D eigenvalue weighted by Gasteiger charge is -2.11. The van der Waals surface area contributed by atoms with Crippen LogP contribution in [0.3, 0.4) is 0 Å². The quantitative estimate of drug-likeness (QED) is 0.267. The number of carbonyl (C=O) groups excluding carboxylic acids is 1. The van der Waals surface area contributed by atoms with Crippen molar-refractivity contribution >= 4 is 16.9 Å². The van der Waals surface area contributed by atoms with Gasteiger partial charge in [-0.15, -0.1) is 0 Å². The second-order valence-corrected chi connectivity index (χ2v) is 9.21. The highest BCUT2D eigenvalue weighted by molar-refractivity contribution is 5.95. The number of ether oxygens (including phenoxy) is 1. The zero-order valence-corrected chi connectivity index (χ0v) is 21.0. The minimum atomic E-state index is -0.00965. The average molecular weight is 470 g/mol. The molecule has 1 N–H and O–H groups in total. The Hall–Kier alpha value is -3.60. The molecule has 5 heteroatoms. The molecular formula is C30H35N3O2. The van der Waals surface area contributed by atoms with E-state index in [0.29, 0.717) is 13.2 Å². The molecule has 0 radical (unpaired) electrons. The largest absolute Gasteiger partial charge is 0.494 e. The highest BCUT2D eigenvalue weighted by atomic mass is 16.5. The van der Waals surface area contributed by atoms with Crippen LogP contribution < -0.4 is 10.1 Å². The maximum absolute atomic E-state index is 12.6. The third kappa shape index (κ3) is 6.50. The summed E-state index contributed by atoms with van der Waals surface area (Å²) in [4.78, 5) is 17.5. The summed E-state index contributed by atoms with van der Waals surface area (Å²) in [7, 11) is 0. The van der Waals surface area contributed by atoms with Crippen LogP contribution in [0.5, 0.6) is 5.75 Å². The van der Waals surface area contributed by atoms with Crippen molar-refractivity contribution in [1.82, 2.24) is 14.9 Å². The maximum atomic E-state index is 12.6. The van der Waals surface area contributed by atoms with Crippen molar-refractivity contribution in [2.24, 2.45) is 0 Å². The summed E-state index contributed by atoms with van der Waals surface area (Å²) < 4.78 is 8.21. The molecule has 0 bridgehead atoms. The van der Waals surface area contributed by atoms with E-state index in [0.717, 1.165) is 60.4 Å². The molecule has 0 saturated heterocycles. The fourth-order valence-electron chi connectivity index (χ4n) is 4.37. The van der Waals surface area contributed by atoms with Gasteiger partial charge in [0.1, 0.15) is 11.6 Å². The van der Waals surface area contributed by atoms with E-state index in [9.17, 15) is 4.79 Å². The highest BCUT2D eigenvalue weighted by Gasteiger charge is 2.12. The summed E-state index contributed by atoms with van der Waals surface area (Å²) in [5.74, 6) is 1.99. The van der Waals surface area contributed by atoms with Gasteiger partial charge >= 0.3 is 0 Å². The van der Waals surface area contributed by atoms with Crippen LogP contribution in [0.2, 0.25) is 0 Å². The molecule has 1 heterocycles. The van der Waals surface area contributed by atoms with Crippen LogP contribution in [0, 0.1) is 20.8 Å². The number of imidazole rings is 1. The van der Waals surface area contributed by atoms with Crippen LogP contribution in [0.4, 0.5) is 0 Å². The number of hydrogen-bond donors (Lipinski definition) is 1. The number of benzene rings is 3. The van der Waals surface area contributed by atoms with Crippen LogP contribution in [0.1, 0.15) is 52.1 Å². The molecule has 5 nitrogen and oxygen atoms in total. The Morgan fingerprint density at radius 2 is 1.69 bits per heavy atom. The molecule has 0 aliphatic carbocycles. The summed E-state index contributed by atoms with van der Waals surface area (Å²) in [6.45, 7) is 8.33. The summed E-state index contributed by atoms with van der Waals surface area (Å²) in [6, 6.07) is 22.4. The number of para-hydroxylation sites is 2. The van der Waals surface area contributed by atoms with Gasteiger partial charge in [-0.25, -0.2) is 4.98 Å². The molecule has 0 spiro atoms. The Morgan fingerprint density at radius 3 is 2.49 bits per heavy atom. The smallest absolute Gasteiger partial charge is 0.251 e. The minimum absolute atomic E-state index is 0.00965. The third-order valence-corrected chi connectivity index (χ3v) is 6.29. The molecule has 0 fully saturated rings. The molecule has 0 aliphatic rings. The SMILES string of the molecule is Cc1ccc(OCCCCn2c(CCCNC(=O)c3ccc(C)cc3C)nc3ccccc32)cc1. The van der Waals surface area contributed by atoms with Gasteiger partial charge in [0.2, 0.25) is 0 Å². The van der Waals surface area contributed by atoms with E-state index in [1.54, 1.807) is 0 Å². The zero-order valence-electron chi connectivity index (χ0n) is 21.0. The first-order chi connectivity index (χ1) is 17.0. The number of unbranched alkanes of at least 4 members (excludes halogenated alkanes) is 1. The second kappa shape index (κ2) is 11.7. The number of hydrogen-bond acceptors (Lipinski definition) is 3. The Balaban J connectivity index is 1.29. The number of aryl methyl sites for hydroxylation is 5. The monoisotopic (exact) mass is 469 g/mol. The number of aromatic nitrogens is 2. The van der Waals surface area contributed by atoms with Crippen molar-refractivity contribution in [2.45, 2.75) is 53.0 Å². The standard InChI is InChI=1S/C30H35N3O2/c1-22-12-15-25(16-13-22)35-20-7-6-19-33-28-10-5-4-9-27(28)32-29(33)11-8-18-31-30(34)26-17-14-23(2)21-24(26)3/h4-5,9-10,12-17,21H,6-8,11,18-20H2,1-3H3,(H,31,34). The fraction of sp³-hybridized carbons (Fsp3) is 0.333. The average Bonchev–Trinajstić information content (AvgIpc) is 3.20. The van der Waals surface area contributed by atoms with E-state index in [2.05, 4.69) is 47.1 Å². The first-order valence-electron chi connectivity index (χ1n) is 12.5. The van der Waals surface area contributed by atoms with Crippen molar-refractivity contribution in [3.8, 4) is 5.75 Å². The number of fused-ring (bicyclic) bond motifs is 1. The van der Waals surface area contributed by atoms with Crippen molar-refractivity contribution in [3.05, 3.63) is 94.8 Å².